The lowest BCUT2D eigenvalue weighted by atomic mass is 10.1. The van der Waals surface area contributed by atoms with Crippen LogP contribution < -0.4 is 16.2 Å². The molecule has 1 aliphatic rings. The molecule has 2 aromatic rings. The largest absolute Gasteiger partial charge is 0.463 e. The molecular weight excluding hydrogens is 331 g/mol. The highest BCUT2D eigenvalue weighted by molar-refractivity contribution is 5.93. The molecule has 0 unspecified atom stereocenters. The number of rotatable bonds is 4. The van der Waals surface area contributed by atoms with E-state index >= 15 is 0 Å². The lowest BCUT2D eigenvalue weighted by Gasteiger charge is -2.21. The second kappa shape index (κ2) is 6.71. The summed E-state index contributed by atoms with van der Waals surface area (Å²) in [4.78, 5) is 40.2. The van der Waals surface area contributed by atoms with Gasteiger partial charge in [-0.25, -0.2) is 19.0 Å². The number of carbonyl (C=O) groups is 2. The van der Waals surface area contributed by atoms with Crippen LogP contribution in [0.3, 0.4) is 0 Å². The van der Waals surface area contributed by atoms with Gasteiger partial charge in [0.25, 0.3) is 5.56 Å². The SMILES string of the molecule is CCOC(=O)C1=C(Cn2cnc3cc(F)ccc3c2=O)NC(=O)NC1. The minimum absolute atomic E-state index is 0.000964. The number of nitrogens with one attached hydrogen (secondary N) is 2. The van der Waals surface area contributed by atoms with E-state index in [0.29, 0.717) is 0 Å². The van der Waals surface area contributed by atoms with Gasteiger partial charge in [-0.3, -0.25) is 9.36 Å². The first kappa shape index (κ1) is 16.6. The molecule has 1 aliphatic heterocycles. The van der Waals surface area contributed by atoms with Crippen LogP contribution in [-0.4, -0.2) is 34.7 Å². The van der Waals surface area contributed by atoms with E-state index in [1.54, 1.807) is 6.92 Å². The summed E-state index contributed by atoms with van der Waals surface area (Å²) in [6.07, 6.45) is 1.24. The smallest absolute Gasteiger partial charge is 0.337 e. The molecule has 0 radical (unpaired) electrons. The molecule has 0 saturated carbocycles. The predicted octanol–water partition coefficient (Wildman–Crippen LogP) is 0.666. The van der Waals surface area contributed by atoms with E-state index in [9.17, 15) is 18.8 Å². The summed E-state index contributed by atoms with van der Waals surface area (Å²) in [6, 6.07) is 3.20. The number of benzene rings is 1. The van der Waals surface area contributed by atoms with Gasteiger partial charge in [-0.2, -0.15) is 0 Å². The van der Waals surface area contributed by atoms with Crippen LogP contribution in [0, 0.1) is 5.82 Å². The summed E-state index contributed by atoms with van der Waals surface area (Å²) < 4.78 is 19.4. The van der Waals surface area contributed by atoms with Crippen LogP contribution >= 0.6 is 0 Å². The number of urea groups is 1. The molecular formula is C16H15FN4O4. The Kier molecular flexibility index (Phi) is 4.46. The Morgan fingerprint density at radius 2 is 2.20 bits per heavy atom. The van der Waals surface area contributed by atoms with Gasteiger partial charge in [-0.15, -0.1) is 0 Å². The van der Waals surface area contributed by atoms with Gasteiger partial charge < -0.3 is 15.4 Å². The lowest BCUT2D eigenvalue weighted by Crippen LogP contribution is -2.45. The fraction of sp³-hybridized carbons (Fsp3) is 0.250. The molecule has 2 amide bonds. The molecule has 2 heterocycles. The topological polar surface area (TPSA) is 102 Å². The van der Waals surface area contributed by atoms with E-state index in [0.717, 1.165) is 6.07 Å². The van der Waals surface area contributed by atoms with Crippen molar-refractivity contribution in [2.24, 2.45) is 0 Å². The Labute approximate surface area is 141 Å². The van der Waals surface area contributed by atoms with Gasteiger partial charge in [0.05, 0.1) is 48.2 Å². The zero-order chi connectivity index (χ0) is 18.0. The first-order chi connectivity index (χ1) is 12.0. The Balaban J connectivity index is 2.01. The summed E-state index contributed by atoms with van der Waals surface area (Å²) in [5, 5.41) is 5.24. The van der Waals surface area contributed by atoms with Crippen molar-refractivity contribution in [1.82, 2.24) is 20.2 Å². The van der Waals surface area contributed by atoms with Gasteiger partial charge in [0.2, 0.25) is 0 Å². The Morgan fingerprint density at radius 3 is 2.96 bits per heavy atom. The van der Waals surface area contributed by atoms with Gasteiger partial charge in [0, 0.05) is 6.07 Å². The lowest BCUT2D eigenvalue weighted by molar-refractivity contribution is -0.138. The van der Waals surface area contributed by atoms with Crippen molar-refractivity contribution in [3.8, 4) is 0 Å². The number of hydrogen-bond donors (Lipinski definition) is 2. The molecule has 1 aromatic heterocycles. The fourth-order valence-electron chi connectivity index (χ4n) is 2.50. The second-order valence-corrected chi connectivity index (χ2v) is 5.32. The van der Waals surface area contributed by atoms with Gasteiger partial charge >= 0.3 is 12.0 Å². The summed E-state index contributed by atoms with van der Waals surface area (Å²) >= 11 is 0. The van der Waals surface area contributed by atoms with Crippen LogP contribution in [0.25, 0.3) is 10.9 Å². The number of amides is 2. The minimum atomic E-state index is -0.575. The van der Waals surface area contributed by atoms with Crippen molar-refractivity contribution in [1.29, 1.82) is 0 Å². The second-order valence-electron chi connectivity index (χ2n) is 5.32. The van der Waals surface area contributed by atoms with E-state index in [1.165, 1.54) is 23.0 Å². The Bertz CT molecular complexity index is 951. The van der Waals surface area contributed by atoms with E-state index in [2.05, 4.69) is 15.6 Å². The van der Waals surface area contributed by atoms with Crippen molar-refractivity contribution >= 4 is 22.9 Å². The molecule has 8 nitrogen and oxygen atoms in total. The number of esters is 1. The Morgan fingerprint density at radius 1 is 1.40 bits per heavy atom. The first-order valence-corrected chi connectivity index (χ1v) is 7.58. The first-order valence-electron chi connectivity index (χ1n) is 7.58. The average Bonchev–Trinajstić information content (AvgIpc) is 2.57. The number of ether oxygens (including phenoxy) is 1. The summed E-state index contributed by atoms with van der Waals surface area (Å²) in [6.45, 7) is 1.79. The minimum Gasteiger partial charge on any atom is -0.463 e. The van der Waals surface area contributed by atoms with E-state index in [4.69, 9.17) is 4.74 Å². The molecule has 0 atom stereocenters. The quantitative estimate of drug-likeness (QED) is 0.792. The number of aromatic nitrogens is 2. The van der Waals surface area contributed by atoms with E-state index in [1.807, 2.05) is 0 Å². The standard InChI is InChI=1S/C16H15FN4O4/c1-2-25-15(23)11-6-18-16(24)20-13(11)7-21-8-19-12-5-9(17)3-4-10(12)14(21)22/h3-5,8H,2,6-7H2,1H3,(H2,18,20,24). The maximum Gasteiger partial charge on any atom is 0.337 e. The number of allylic oxidation sites excluding steroid dienone is 1. The highest BCUT2D eigenvalue weighted by Gasteiger charge is 2.24. The molecule has 3 rings (SSSR count). The van der Waals surface area contributed by atoms with Crippen molar-refractivity contribution in [3.63, 3.8) is 0 Å². The van der Waals surface area contributed by atoms with Crippen molar-refractivity contribution in [2.75, 3.05) is 13.2 Å². The van der Waals surface area contributed by atoms with Crippen LogP contribution in [0.4, 0.5) is 9.18 Å². The monoisotopic (exact) mass is 346 g/mol. The third-order valence-electron chi connectivity index (χ3n) is 3.69. The van der Waals surface area contributed by atoms with Gasteiger partial charge in [-0.1, -0.05) is 0 Å². The normalized spacial score (nSPS) is 14.2. The Hall–Kier alpha value is -3.23. The molecule has 2 N–H and O–H groups in total. The van der Waals surface area contributed by atoms with Gasteiger partial charge in [-0.05, 0) is 19.1 Å². The van der Waals surface area contributed by atoms with Gasteiger partial charge in [0.15, 0.2) is 0 Å². The average molecular weight is 346 g/mol. The summed E-state index contributed by atoms with van der Waals surface area (Å²) in [5.74, 6) is -1.07. The van der Waals surface area contributed by atoms with Crippen LogP contribution in [0.5, 0.6) is 0 Å². The number of hydrogen-bond acceptors (Lipinski definition) is 5. The molecule has 1 aromatic carbocycles. The summed E-state index contributed by atoms with van der Waals surface area (Å²) in [5.41, 5.74) is 0.309. The number of carbonyl (C=O) groups excluding carboxylic acids is 2. The highest BCUT2D eigenvalue weighted by Crippen LogP contribution is 2.12. The maximum atomic E-state index is 13.2. The zero-order valence-electron chi connectivity index (χ0n) is 13.3. The number of fused-ring (bicyclic) bond motifs is 1. The number of halogens is 1. The number of nitrogens with zero attached hydrogens (tertiary/aromatic N) is 2. The van der Waals surface area contributed by atoms with Crippen molar-refractivity contribution < 1.29 is 18.7 Å². The van der Waals surface area contributed by atoms with Crippen molar-refractivity contribution in [3.05, 3.63) is 52.0 Å². The van der Waals surface area contributed by atoms with E-state index in [-0.39, 0.29) is 41.9 Å². The molecule has 9 heteroatoms. The van der Waals surface area contributed by atoms with Crippen LogP contribution in [0.1, 0.15) is 6.92 Å². The molecule has 0 aliphatic carbocycles. The maximum absolute atomic E-state index is 13.2. The highest BCUT2D eigenvalue weighted by atomic mass is 19.1. The van der Waals surface area contributed by atoms with Crippen LogP contribution in [-0.2, 0) is 16.1 Å². The zero-order valence-corrected chi connectivity index (χ0v) is 13.3. The molecule has 0 saturated heterocycles. The van der Waals surface area contributed by atoms with Crippen LogP contribution in [0.15, 0.2) is 40.6 Å². The van der Waals surface area contributed by atoms with Crippen LogP contribution in [0.2, 0.25) is 0 Å². The molecule has 130 valence electrons. The predicted molar refractivity (Wildman–Crippen MR) is 86.2 cm³/mol. The third kappa shape index (κ3) is 3.35. The molecule has 0 fully saturated rings. The summed E-state index contributed by atoms with van der Waals surface area (Å²) in [7, 11) is 0. The van der Waals surface area contributed by atoms with Crippen molar-refractivity contribution in [2.45, 2.75) is 13.5 Å². The third-order valence-corrected chi connectivity index (χ3v) is 3.69. The molecule has 0 spiro atoms. The fourth-order valence-corrected chi connectivity index (χ4v) is 2.50. The van der Waals surface area contributed by atoms with E-state index < -0.39 is 23.4 Å². The molecule has 25 heavy (non-hydrogen) atoms. The molecule has 0 bridgehead atoms. The van der Waals surface area contributed by atoms with Gasteiger partial charge in [0.1, 0.15) is 5.82 Å².